The van der Waals surface area contributed by atoms with Gasteiger partial charge in [0.15, 0.2) is 0 Å². The number of nitrogens with one attached hydrogen (secondary N) is 1. The number of anilines is 1. The van der Waals surface area contributed by atoms with Gasteiger partial charge in [-0.3, -0.25) is 9.59 Å². The third kappa shape index (κ3) is 5.35. The molecule has 0 aliphatic heterocycles. The molecule has 0 unspecified atom stereocenters. The Morgan fingerprint density at radius 2 is 2.00 bits per heavy atom. The normalized spacial score (nSPS) is 10.2. The van der Waals surface area contributed by atoms with Crippen LogP contribution in [0.2, 0.25) is 0 Å². The number of esters is 1. The van der Waals surface area contributed by atoms with Crippen LogP contribution in [0.25, 0.3) is 6.08 Å². The maximum atomic E-state index is 11.5. The number of amides is 1. The molecular formula is C14H15NO6. The SMILES string of the molecule is COC(=O)C=Cc1cc(OC)ccc1NC(=O)CC(=O)O. The molecule has 0 heterocycles. The third-order valence-electron chi connectivity index (χ3n) is 2.44. The summed E-state index contributed by atoms with van der Waals surface area (Å²) in [4.78, 5) is 33.1. The number of rotatable bonds is 6. The minimum absolute atomic E-state index is 0.363. The van der Waals surface area contributed by atoms with Gasteiger partial charge in [-0.05, 0) is 24.3 Å². The number of hydrogen-bond donors (Lipinski definition) is 2. The van der Waals surface area contributed by atoms with Crippen LogP contribution in [0.3, 0.4) is 0 Å². The van der Waals surface area contributed by atoms with Gasteiger partial charge in [-0.15, -0.1) is 0 Å². The molecule has 1 rings (SSSR count). The standard InChI is InChI=1S/C14H15NO6/c1-20-10-4-5-11(15-12(16)8-13(17)18)9(7-10)3-6-14(19)21-2/h3-7H,8H2,1-2H3,(H,15,16)(H,17,18). The topological polar surface area (TPSA) is 102 Å². The van der Waals surface area contributed by atoms with Crippen LogP contribution in [-0.4, -0.2) is 37.2 Å². The summed E-state index contributed by atoms with van der Waals surface area (Å²) in [5.74, 6) is -1.93. The molecule has 0 spiro atoms. The van der Waals surface area contributed by atoms with E-state index in [0.29, 0.717) is 17.0 Å². The molecule has 2 N–H and O–H groups in total. The smallest absolute Gasteiger partial charge is 0.330 e. The minimum Gasteiger partial charge on any atom is -0.497 e. The molecule has 0 aliphatic rings. The van der Waals surface area contributed by atoms with Gasteiger partial charge in [0, 0.05) is 17.3 Å². The molecule has 0 bridgehead atoms. The largest absolute Gasteiger partial charge is 0.497 e. The van der Waals surface area contributed by atoms with Crippen molar-refractivity contribution in [3.05, 3.63) is 29.8 Å². The number of ether oxygens (including phenoxy) is 2. The van der Waals surface area contributed by atoms with E-state index in [4.69, 9.17) is 9.84 Å². The van der Waals surface area contributed by atoms with Crippen molar-refractivity contribution >= 4 is 29.6 Å². The molecule has 0 aliphatic carbocycles. The maximum Gasteiger partial charge on any atom is 0.330 e. The predicted octanol–water partition coefficient (Wildman–Crippen LogP) is 1.29. The van der Waals surface area contributed by atoms with Crippen LogP contribution in [0.15, 0.2) is 24.3 Å². The number of carboxylic acid groups (broad SMARTS) is 1. The molecule has 0 radical (unpaired) electrons. The first-order valence-corrected chi connectivity index (χ1v) is 5.92. The second-order valence-electron chi connectivity index (χ2n) is 3.93. The third-order valence-corrected chi connectivity index (χ3v) is 2.44. The van der Waals surface area contributed by atoms with E-state index in [1.54, 1.807) is 18.2 Å². The number of hydrogen-bond acceptors (Lipinski definition) is 5. The summed E-state index contributed by atoms with van der Waals surface area (Å²) in [6, 6.07) is 4.75. The summed E-state index contributed by atoms with van der Waals surface area (Å²) in [6.45, 7) is 0. The fourth-order valence-corrected chi connectivity index (χ4v) is 1.48. The highest BCUT2D eigenvalue weighted by atomic mass is 16.5. The van der Waals surface area contributed by atoms with E-state index in [9.17, 15) is 14.4 Å². The summed E-state index contributed by atoms with van der Waals surface area (Å²) < 4.78 is 9.54. The van der Waals surface area contributed by atoms with E-state index >= 15 is 0 Å². The van der Waals surface area contributed by atoms with Gasteiger partial charge in [-0.1, -0.05) is 0 Å². The van der Waals surface area contributed by atoms with Crippen molar-refractivity contribution in [3.8, 4) is 5.75 Å². The Balaban J connectivity index is 3.01. The van der Waals surface area contributed by atoms with Gasteiger partial charge in [0.1, 0.15) is 12.2 Å². The van der Waals surface area contributed by atoms with Gasteiger partial charge >= 0.3 is 11.9 Å². The number of benzene rings is 1. The summed E-state index contributed by atoms with van der Waals surface area (Å²) in [7, 11) is 2.72. The zero-order valence-corrected chi connectivity index (χ0v) is 11.6. The summed E-state index contributed by atoms with van der Waals surface area (Å²) in [5.41, 5.74) is 0.848. The zero-order chi connectivity index (χ0) is 15.8. The molecule has 7 heteroatoms. The molecule has 7 nitrogen and oxygen atoms in total. The Kier molecular flexibility index (Phi) is 5.94. The van der Waals surface area contributed by atoms with E-state index in [2.05, 4.69) is 10.1 Å². The van der Waals surface area contributed by atoms with Crippen molar-refractivity contribution in [2.24, 2.45) is 0 Å². The van der Waals surface area contributed by atoms with Crippen molar-refractivity contribution in [3.63, 3.8) is 0 Å². The highest BCUT2D eigenvalue weighted by Gasteiger charge is 2.10. The lowest BCUT2D eigenvalue weighted by Gasteiger charge is -2.09. The van der Waals surface area contributed by atoms with E-state index in [1.807, 2.05) is 0 Å². The average molecular weight is 293 g/mol. The number of carbonyl (C=O) groups is 3. The van der Waals surface area contributed by atoms with Crippen molar-refractivity contribution in [1.82, 2.24) is 0 Å². The van der Waals surface area contributed by atoms with Gasteiger partial charge in [-0.25, -0.2) is 4.79 Å². The average Bonchev–Trinajstić information content (AvgIpc) is 2.44. The monoisotopic (exact) mass is 293 g/mol. The fraction of sp³-hybridized carbons (Fsp3) is 0.214. The number of methoxy groups -OCH3 is 2. The lowest BCUT2D eigenvalue weighted by Crippen LogP contribution is -2.16. The molecule has 21 heavy (non-hydrogen) atoms. The Hall–Kier alpha value is -2.83. The first-order chi connectivity index (χ1) is 9.96. The second kappa shape index (κ2) is 7.68. The van der Waals surface area contributed by atoms with Gasteiger partial charge < -0.3 is 19.9 Å². The molecule has 1 aromatic rings. The Bertz CT molecular complexity index is 579. The van der Waals surface area contributed by atoms with Crippen LogP contribution in [0.1, 0.15) is 12.0 Å². The van der Waals surface area contributed by atoms with Crippen molar-refractivity contribution in [2.75, 3.05) is 19.5 Å². The van der Waals surface area contributed by atoms with Gasteiger partial charge in [-0.2, -0.15) is 0 Å². The van der Waals surface area contributed by atoms with Crippen LogP contribution in [0, 0.1) is 0 Å². The second-order valence-corrected chi connectivity index (χ2v) is 3.93. The molecule has 0 saturated carbocycles. The molecule has 0 saturated heterocycles. The van der Waals surface area contributed by atoms with E-state index in [-0.39, 0.29) is 0 Å². The first-order valence-electron chi connectivity index (χ1n) is 5.92. The molecule has 1 amide bonds. The summed E-state index contributed by atoms with van der Waals surface area (Å²) >= 11 is 0. The number of carbonyl (C=O) groups excluding carboxylic acids is 2. The Morgan fingerprint density at radius 1 is 1.29 bits per heavy atom. The lowest BCUT2D eigenvalue weighted by atomic mass is 10.1. The first kappa shape index (κ1) is 16.2. The maximum absolute atomic E-state index is 11.5. The van der Waals surface area contributed by atoms with Crippen LogP contribution < -0.4 is 10.1 Å². The summed E-state index contributed by atoms with van der Waals surface area (Å²) in [5, 5.41) is 11.0. The van der Waals surface area contributed by atoms with Crippen LogP contribution in [-0.2, 0) is 19.1 Å². The van der Waals surface area contributed by atoms with Crippen molar-refractivity contribution in [2.45, 2.75) is 6.42 Å². The highest BCUT2D eigenvalue weighted by Crippen LogP contribution is 2.23. The molecule has 0 aromatic heterocycles. The quantitative estimate of drug-likeness (QED) is 0.465. The van der Waals surface area contributed by atoms with Crippen LogP contribution in [0.5, 0.6) is 5.75 Å². The molecular weight excluding hydrogens is 278 g/mol. The molecule has 0 fully saturated rings. The van der Waals surface area contributed by atoms with Gasteiger partial charge in [0.25, 0.3) is 0 Å². The van der Waals surface area contributed by atoms with Gasteiger partial charge in [0.05, 0.1) is 14.2 Å². The van der Waals surface area contributed by atoms with Gasteiger partial charge in [0.2, 0.25) is 5.91 Å². The Labute approximate surface area is 121 Å². The highest BCUT2D eigenvalue weighted by molar-refractivity contribution is 6.02. The van der Waals surface area contributed by atoms with E-state index < -0.39 is 24.3 Å². The fourth-order valence-electron chi connectivity index (χ4n) is 1.48. The molecule has 0 atom stereocenters. The predicted molar refractivity (Wildman–Crippen MR) is 74.9 cm³/mol. The van der Waals surface area contributed by atoms with Crippen molar-refractivity contribution < 1.29 is 29.0 Å². The van der Waals surface area contributed by atoms with E-state index in [0.717, 1.165) is 0 Å². The molecule has 1 aromatic carbocycles. The van der Waals surface area contributed by atoms with Crippen molar-refractivity contribution in [1.29, 1.82) is 0 Å². The minimum atomic E-state index is -1.23. The Morgan fingerprint density at radius 3 is 2.57 bits per heavy atom. The van der Waals surface area contributed by atoms with E-state index in [1.165, 1.54) is 26.4 Å². The lowest BCUT2D eigenvalue weighted by molar-refractivity contribution is -0.139. The molecule has 112 valence electrons. The zero-order valence-electron chi connectivity index (χ0n) is 11.6. The van der Waals surface area contributed by atoms with Crippen LogP contribution >= 0.6 is 0 Å². The number of carboxylic acids is 1. The number of aliphatic carboxylic acids is 1. The summed E-state index contributed by atoms with van der Waals surface area (Å²) in [6.07, 6.45) is 1.97. The van der Waals surface area contributed by atoms with Crippen LogP contribution in [0.4, 0.5) is 5.69 Å².